The third kappa shape index (κ3) is 2.62. The number of carboxylic acid groups (broad SMARTS) is 1. The molecule has 90 valence electrons. The minimum Gasteiger partial charge on any atom is -0.480 e. The number of aromatic nitrogens is 1. The summed E-state index contributed by atoms with van der Waals surface area (Å²) >= 11 is 1.63. The van der Waals surface area contributed by atoms with Crippen LogP contribution in [0, 0.1) is 6.92 Å². The van der Waals surface area contributed by atoms with Gasteiger partial charge in [-0.2, -0.15) is 0 Å². The van der Waals surface area contributed by atoms with Gasteiger partial charge in [0, 0.05) is 0 Å². The first-order chi connectivity index (χ1) is 8.10. The highest BCUT2D eigenvalue weighted by Crippen LogP contribution is 2.23. The molecular formula is C12H14N2O2S. The Kier molecular flexibility index (Phi) is 3.40. The van der Waals surface area contributed by atoms with Gasteiger partial charge in [-0.3, -0.25) is 4.79 Å². The molecule has 1 heterocycles. The van der Waals surface area contributed by atoms with Crippen molar-refractivity contribution in [3.8, 4) is 0 Å². The monoisotopic (exact) mass is 250 g/mol. The minimum atomic E-state index is -0.826. The molecule has 0 fully saturated rings. The van der Waals surface area contributed by atoms with Crippen molar-refractivity contribution in [1.29, 1.82) is 0 Å². The number of nitrogens with zero attached hydrogens (tertiary/aromatic N) is 1. The van der Waals surface area contributed by atoms with Crippen LogP contribution in [0.15, 0.2) is 18.2 Å². The molecule has 4 nitrogen and oxygen atoms in total. The van der Waals surface area contributed by atoms with Crippen LogP contribution in [0.2, 0.25) is 0 Å². The number of benzene rings is 1. The zero-order valence-corrected chi connectivity index (χ0v) is 10.5. The molecule has 2 aromatic rings. The Balaban J connectivity index is 2.26. The molecule has 0 saturated carbocycles. The van der Waals surface area contributed by atoms with Gasteiger partial charge in [0.2, 0.25) is 0 Å². The van der Waals surface area contributed by atoms with Gasteiger partial charge in [0.15, 0.2) is 0 Å². The molecule has 0 spiro atoms. The number of aliphatic carboxylic acids is 1. The third-order valence-corrected chi connectivity index (χ3v) is 3.58. The summed E-state index contributed by atoms with van der Waals surface area (Å²) < 4.78 is 1.11. The van der Waals surface area contributed by atoms with E-state index >= 15 is 0 Å². The van der Waals surface area contributed by atoms with E-state index in [0.29, 0.717) is 6.42 Å². The zero-order valence-electron chi connectivity index (χ0n) is 9.73. The van der Waals surface area contributed by atoms with E-state index in [4.69, 9.17) is 5.11 Å². The summed E-state index contributed by atoms with van der Waals surface area (Å²) in [5, 5.41) is 12.8. The molecule has 2 rings (SSSR count). The molecule has 1 aromatic carbocycles. The molecule has 0 aliphatic carbocycles. The average Bonchev–Trinajstić information content (AvgIpc) is 2.64. The van der Waals surface area contributed by atoms with Crippen molar-refractivity contribution >= 4 is 27.5 Å². The van der Waals surface area contributed by atoms with Crippen LogP contribution in [0.25, 0.3) is 10.2 Å². The predicted molar refractivity (Wildman–Crippen MR) is 68.5 cm³/mol. The molecule has 5 heteroatoms. The van der Waals surface area contributed by atoms with Crippen molar-refractivity contribution in [3.05, 3.63) is 28.8 Å². The lowest BCUT2D eigenvalue weighted by atomic mass is 10.1. The fourth-order valence-electron chi connectivity index (χ4n) is 1.76. The number of carboxylic acids is 1. The van der Waals surface area contributed by atoms with Crippen molar-refractivity contribution in [3.63, 3.8) is 0 Å². The lowest BCUT2D eigenvalue weighted by molar-refractivity contribution is -0.139. The zero-order chi connectivity index (χ0) is 12.4. The van der Waals surface area contributed by atoms with Gasteiger partial charge in [-0.25, -0.2) is 4.98 Å². The van der Waals surface area contributed by atoms with Gasteiger partial charge in [-0.05, 0) is 38.1 Å². The first-order valence-corrected chi connectivity index (χ1v) is 6.18. The maximum Gasteiger partial charge on any atom is 0.321 e. The Hall–Kier alpha value is -1.46. The average molecular weight is 250 g/mol. The van der Waals surface area contributed by atoms with Gasteiger partial charge in [0.25, 0.3) is 0 Å². The summed E-state index contributed by atoms with van der Waals surface area (Å²) in [4.78, 5) is 15.3. The van der Waals surface area contributed by atoms with Gasteiger partial charge < -0.3 is 10.4 Å². The van der Waals surface area contributed by atoms with E-state index in [1.807, 2.05) is 25.1 Å². The van der Waals surface area contributed by atoms with Crippen LogP contribution in [0.4, 0.5) is 0 Å². The Morgan fingerprint density at radius 1 is 1.59 bits per heavy atom. The lowest BCUT2D eigenvalue weighted by Crippen LogP contribution is -2.35. The number of thiazole rings is 1. The van der Waals surface area contributed by atoms with Crippen molar-refractivity contribution in [2.24, 2.45) is 0 Å². The summed E-state index contributed by atoms with van der Waals surface area (Å²) in [6.45, 7) is 1.97. The molecule has 17 heavy (non-hydrogen) atoms. The molecule has 0 radical (unpaired) electrons. The molecular weight excluding hydrogens is 236 g/mol. The smallest absolute Gasteiger partial charge is 0.321 e. The van der Waals surface area contributed by atoms with Gasteiger partial charge in [-0.15, -0.1) is 11.3 Å². The van der Waals surface area contributed by atoms with Gasteiger partial charge in [-0.1, -0.05) is 6.07 Å². The Labute approximate surface area is 103 Å². The second-order valence-corrected chi connectivity index (χ2v) is 5.15. The Morgan fingerprint density at radius 2 is 2.35 bits per heavy atom. The number of hydrogen-bond acceptors (Lipinski definition) is 4. The van der Waals surface area contributed by atoms with E-state index in [0.717, 1.165) is 20.8 Å². The normalized spacial score (nSPS) is 12.8. The van der Waals surface area contributed by atoms with Crippen molar-refractivity contribution in [2.45, 2.75) is 19.4 Å². The molecule has 2 N–H and O–H groups in total. The quantitative estimate of drug-likeness (QED) is 0.869. The standard InChI is InChI=1S/C12H14N2O2S/c1-7-14-9-4-3-8(6-11(9)17-7)5-10(13-2)12(15)16/h3-4,6,10,13H,5H2,1-2H3,(H,15,16). The number of likely N-dealkylation sites (N-methyl/N-ethyl adjacent to an activating group) is 1. The highest BCUT2D eigenvalue weighted by Gasteiger charge is 2.15. The molecule has 1 unspecified atom stereocenters. The number of aryl methyl sites for hydroxylation is 1. The van der Waals surface area contributed by atoms with E-state index in [-0.39, 0.29) is 0 Å². The maximum absolute atomic E-state index is 10.9. The predicted octanol–water partition coefficient (Wildman–Crippen LogP) is 1.82. The number of nitrogens with one attached hydrogen (secondary N) is 1. The van der Waals surface area contributed by atoms with Gasteiger partial charge >= 0.3 is 5.97 Å². The maximum atomic E-state index is 10.9. The first kappa shape index (κ1) is 12.0. The fraction of sp³-hybridized carbons (Fsp3) is 0.333. The Morgan fingerprint density at radius 3 is 3.00 bits per heavy atom. The summed E-state index contributed by atoms with van der Waals surface area (Å²) in [5.41, 5.74) is 2.00. The van der Waals surface area contributed by atoms with Crippen LogP contribution >= 0.6 is 11.3 Å². The summed E-state index contributed by atoms with van der Waals surface area (Å²) in [5.74, 6) is -0.826. The van der Waals surface area contributed by atoms with E-state index < -0.39 is 12.0 Å². The van der Waals surface area contributed by atoms with Crippen LogP contribution in [-0.4, -0.2) is 29.1 Å². The summed E-state index contributed by atoms with van der Waals surface area (Å²) in [7, 11) is 1.66. The van der Waals surface area contributed by atoms with E-state index in [1.54, 1.807) is 18.4 Å². The number of hydrogen-bond donors (Lipinski definition) is 2. The van der Waals surface area contributed by atoms with Crippen LogP contribution < -0.4 is 5.32 Å². The van der Waals surface area contributed by atoms with Crippen LogP contribution in [0.1, 0.15) is 10.6 Å². The second kappa shape index (κ2) is 4.81. The molecule has 0 bridgehead atoms. The molecule has 0 amide bonds. The summed E-state index contributed by atoms with van der Waals surface area (Å²) in [6.07, 6.45) is 0.485. The molecule has 0 saturated heterocycles. The topological polar surface area (TPSA) is 62.2 Å². The third-order valence-electron chi connectivity index (χ3n) is 2.65. The SMILES string of the molecule is CNC(Cc1ccc2nc(C)sc2c1)C(=O)O. The fourth-order valence-corrected chi connectivity index (χ4v) is 2.65. The second-order valence-electron chi connectivity index (χ2n) is 3.92. The van der Waals surface area contributed by atoms with Gasteiger partial charge in [0.1, 0.15) is 6.04 Å². The highest BCUT2D eigenvalue weighted by atomic mass is 32.1. The minimum absolute atomic E-state index is 0.485. The number of carbonyl (C=O) groups is 1. The van der Waals surface area contributed by atoms with Crippen LogP contribution in [-0.2, 0) is 11.2 Å². The van der Waals surface area contributed by atoms with Crippen molar-refractivity contribution in [2.75, 3.05) is 7.05 Å². The summed E-state index contributed by atoms with van der Waals surface area (Å²) in [6, 6.07) is 5.37. The van der Waals surface area contributed by atoms with E-state index in [2.05, 4.69) is 10.3 Å². The highest BCUT2D eigenvalue weighted by molar-refractivity contribution is 7.18. The van der Waals surface area contributed by atoms with Gasteiger partial charge in [0.05, 0.1) is 15.2 Å². The van der Waals surface area contributed by atoms with Crippen LogP contribution in [0.5, 0.6) is 0 Å². The lowest BCUT2D eigenvalue weighted by Gasteiger charge is -2.10. The first-order valence-electron chi connectivity index (χ1n) is 5.36. The van der Waals surface area contributed by atoms with Crippen molar-refractivity contribution < 1.29 is 9.90 Å². The molecule has 1 atom stereocenters. The van der Waals surface area contributed by atoms with E-state index in [1.165, 1.54) is 0 Å². The molecule has 0 aliphatic rings. The Bertz CT molecular complexity index is 550. The van der Waals surface area contributed by atoms with Crippen molar-refractivity contribution in [1.82, 2.24) is 10.3 Å². The number of rotatable bonds is 4. The molecule has 0 aliphatic heterocycles. The van der Waals surface area contributed by atoms with Crippen LogP contribution in [0.3, 0.4) is 0 Å². The molecule has 1 aromatic heterocycles. The largest absolute Gasteiger partial charge is 0.480 e. The number of fused-ring (bicyclic) bond motifs is 1. The van der Waals surface area contributed by atoms with E-state index in [9.17, 15) is 4.79 Å².